The molecule has 1 rings (SSSR count). The smallest absolute Gasteiger partial charge is 0.211 e. The molecule has 0 aromatic heterocycles. The Morgan fingerprint density at radius 1 is 1.57 bits per heavy atom. The van der Waals surface area contributed by atoms with Crippen LogP contribution in [0.1, 0.15) is 13.3 Å². The van der Waals surface area contributed by atoms with Gasteiger partial charge >= 0.3 is 0 Å². The first-order valence-corrected chi connectivity index (χ1v) is 6.35. The zero-order chi connectivity index (χ0) is 11.0. The van der Waals surface area contributed by atoms with Crippen LogP contribution in [0.3, 0.4) is 0 Å². The van der Waals surface area contributed by atoms with E-state index in [1.807, 2.05) is 0 Å². The van der Waals surface area contributed by atoms with Crippen molar-refractivity contribution in [3.8, 4) is 0 Å². The van der Waals surface area contributed by atoms with Crippen molar-refractivity contribution in [1.82, 2.24) is 4.31 Å². The molecule has 0 aromatic rings. The van der Waals surface area contributed by atoms with Crippen molar-refractivity contribution >= 4 is 21.6 Å². The fourth-order valence-corrected chi connectivity index (χ4v) is 2.74. The lowest BCUT2D eigenvalue weighted by Gasteiger charge is -2.35. The van der Waals surface area contributed by atoms with Crippen LogP contribution in [0.5, 0.6) is 0 Å². The van der Waals surface area contributed by atoms with Gasteiger partial charge in [0.25, 0.3) is 5.92 Å². The van der Waals surface area contributed by atoms with Crippen LogP contribution < -0.4 is 0 Å². The number of hydrogen-bond donors (Lipinski definition) is 0. The van der Waals surface area contributed by atoms with Gasteiger partial charge in [-0.2, -0.15) is 0 Å². The Morgan fingerprint density at radius 2 is 2.14 bits per heavy atom. The van der Waals surface area contributed by atoms with E-state index in [-0.39, 0.29) is 13.1 Å². The third-order valence-electron chi connectivity index (χ3n) is 2.42. The van der Waals surface area contributed by atoms with Crippen LogP contribution in [0.15, 0.2) is 0 Å². The zero-order valence-corrected chi connectivity index (χ0v) is 9.28. The first kappa shape index (κ1) is 12.1. The van der Waals surface area contributed by atoms with Gasteiger partial charge in [-0.1, -0.05) is 6.92 Å². The lowest BCUT2D eigenvalue weighted by Crippen LogP contribution is -2.48. The van der Waals surface area contributed by atoms with Gasteiger partial charge in [-0.15, -0.1) is 11.6 Å². The lowest BCUT2D eigenvalue weighted by atomic mass is 9.97. The highest BCUT2D eigenvalue weighted by molar-refractivity contribution is 7.90. The fourth-order valence-electron chi connectivity index (χ4n) is 1.37. The molecule has 1 saturated heterocycles. The Morgan fingerprint density at radius 3 is 2.57 bits per heavy atom. The van der Waals surface area contributed by atoms with E-state index in [1.165, 1.54) is 6.92 Å². The summed E-state index contributed by atoms with van der Waals surface area (Å²) in [6, 6.07) is 0. The minimum Gasteiger partial charge on any atom is -0.211 e. The number of hydrogen-bond acceptors (Lipinski definition) is 2. The highest BCUT2D eigenvalue weighted by Gasteiger charge is 2.43. The Hall–Kier alpha value is 0.0600. The summed E-state index contributed by atoms with van der Waals surface area (Å²) in [5, 5.41) is -0.550. The number of rotatable bonds is 2. The molecule has 1 aliphatic rings. The van der Waals surface area contributed by atoms with Crippen molar-refractivity contribution in [2.24, 2.45) is 5.92 Å². The van der Waals surface area contributed by atoms with Crippen molar-refractivity contribution in [3.05, 3.63) is 0 Å². The van der Waals surface area contributed by atoms with Crippen molar-refractivity contribution in [2.45, 2.75) is 19.3 Å². The summed E-state index contributed by atoms with van der Waals surface area (Å²) >= 11 is 5.23. The first-order valence-electron chi connectivity index (χ1n) is 4.21. The topological polar surface area (TPSA) is 37.4 Å². The monoisotopic (exact) mass is 247 g/mol. The molecule has 0 bridgehead atoms. The zero-order valence-electron chi connectivity index (χ0n) is 7.71. The summed E-state index contributed by atoms with van der Waals surface area (Å²) in [7, 11) is -3.54. The Kier molecular flexibility index (Phi) is 3.38. The molecule has 7 heteroatoms. The molecule has 14 heavy (non-hydrogen) atoms. The van der Waals surface area contributed by atoms with E-state index in [9.17, 15) is 17.2 Å². The minimum absolute atomic E-state index is 0.146. The van der Waals surface area contributed by atoms with Crippen LogP contribution in [0, 0.1) is 5.92 Å². The third kappa shape index (κ3) is 2.35. The number of sulfonamides is 1. The highest BCUT2D eigenvalue weighted by atomic mass is 35.5. The molecule has 0 N–H and O–H groups in total. The van der Waals surface area contributed by atoms with Crippen LogP contribution in [0.2, 0.25) is 0 Å². The summed E-state index contributed by atoms with van der Waals surface area (Å²) in [4.78, 5) is 0. The van der Waals surface area contributed by atoms with Crippen LogP contribution >= 0.6 is 11.6 Å². The molecular weight excluding hydrogens is 236 g/mol. The van der Waals surface area contributed by atoms with E-state index in [0.29, 0.717) is 0 Å². The van der Waals surface area contributed by atoms with E-state index in [4.69, 9.17) is 11.6 Å². The summed E-state index contributed by atoms with van der Waals surface area (Å²) < 4.78 is 49.6. The van der Waals surface area contributed by atoms with Gasteiger partial charge in [-0.3, -0.25) is 0 Å². The second-order valence-corrected chi connectivity index (χ2v) is 6.04. The maximum Gasteiger partial charge on any atom is 0.253 e. The SMILES string of the molecule is CC1CN(S(=O)(=O)CCl)CCC1(F)F. The van der Waals surface area contributed by atoms with E-state index in [1.54, 1.807) is 0 Å². The van der Waals surface area contributed by atoms with Crippen LogP contribution in [-0.2, 0) is 10.0 Å². The maximum absolute atomic E-state index is 13.0. The number of piperidine rings is 1. The third-order valence-corrected chi connectivity index (χ3v) is 4.65. The van der Waals surface area contributed by atoms with Gasteiger partial charge in [0.15, 0.2) is 0 Å². The molecule has 0 spiro atoms. The van der Waals surface area contributed by atoms with Gasteiger partial charge in [0, 0.05) is 25.4 Å². The average Bonchev–Trinajstić information content (AvgIpc) is 2.09. The van der Waals surface area contributed by atoms with Crippen molar-refractivity contribution in [2.75, 3.05) is 18.3 Å². The number of nitrogens with zero attached hydrogens (tertiary/aromatic N) is 1. The summed E-state index contributed by atoms with van der Waals surface area (Å²) in [5.74, 6) is -3.72. The molecule has 84 valence electrons. The fraction of sp³-hybridized carbons (Fsp3) is 1.00. The Balaban J connectivity index is 2.74. The standard InChI is InChI=1S/C7H12ClF2NO2S/c1-6-4-11(14(12,13)5-8)3-2-7(6,9)10/h6H,2-5H2,1H3. The molecule has 1 unspecified atom stereocenters. The molecule has 3 nitrogen and oxygen atoms in total. The van der Waals surface area contributed by atoms with Crippen LogP contribution in [-0.4, -0.2) is 36.9 Å². The molecular formula is C7H12ClF2NO2S. The van der Waals surface area contributed by atoms with Gasteiger partial charge in [-0.25, -0.2) is 21.5 Å². The predicted molar refractivity (Wildman–Crippen MR) is 49.9 cm³/mol. The molecule has 1 heterocycles. The van der Waals surface area contributed by atoms with Gasteiger partial charge in [0.2, 0.25) is 10.0 Å². The molecule has 0 saturated carbocycles. The predicted octanol–water partition coefficient (Wildman–Crippen LogP) is 1.49. The molecule has 1 atom stereocenters. The molecule has 1 aliphatic heterocycles. The summed E-state index contributed by atoms with van der Waals surface area (Å²) in [6.07, 6.45) is -0.426. The second-order valence-electron chi connectivity index (χ2n) is 3.49. The van der Waals surface area contributed by atoms with E-state index in [2.05, 4.69) is 0 Å². The van der Waals surface area contributed by atoms with Crippen molar-refractivity contribution < 1.29 is 17.2 Å². The highest BCUT2D eigenvalue weighted by Crippen LogP contribution is 2.33. The summed E-state index contributed by atoms with van der Waals surface area (Å²) in [6.45, 7) is 1.05. The normalized spacial score (nSPS) is 29.0. The Labute approximate surface area is 87.1 Å². The lowest BCUT2D eigenvalue weighted by molar-refractivity contribution is -0.0853. The summed E-state index contributed by atoms with van der Waals surface area (Å²) in [5.41, 5.74) is 0. The first-order chi connectivity index (χ1) is 6.29. The van der Waals surface area contributed by atoms with Gasteiger partial charge in [-0.05, 0) is 0 Å². The minimum atomic E-state index is -3.54. The van der Waals surface area contributed by atoms with Crippen molar-refractivity contribution in [3.63, 3.8) is 0 Å². The largest absolute Gasteiger partial charge is 0.253 e. The molecule has 1 fully saturated rings. The maximum atomic E-state index is 13.0. The molecule has 0 radical (unpaired) electrons. The van der Waals surface area contributed by atoms with Crippen LogP contribution in [0.25, 0.3) is 0 Å². The average molecular weight is 248 g/mol. The van der Waals surface area contributed by atoms with Gasteiger partial charge < -0.3 is 0 Å². The van der Waals surface area contributed by atoms with E-state index >= 15 is 0 Å². The molecule has 0 aromatic carbocycles. The number of alkyl halides is 3. The van der Waals surface area contributed by atoms with Gasteiger partial charge in [0.1, 0.15) is 5.21 Å². The molecule has 0 amide bonds. The van der Waals surface area contributed by atoms with Crippen molar-refractivity contribution in [1.29, 1.82) is 0 Å². The van der Waals surface area contributed by atoms with E-state index in [0.717, 1.165) is 4.31 Å². The van der Waals surface area contributed by atoms with Gasteiger partial charge in [0.05, 0.1) is 0 Å². The molecule has 0 aliphatic carbocycles. The number of halogens is 3. The van der Waals surface area contributed by atoms with E-state index < -0.39 is 33.5 Å². The second kappa shape index (κ2) is 3.90. The Bertz CT molecular complexity index is 307. The quantitative estimate of drug-likeness (QED) is 0.694. The van der Waals surface area contributed by atoms with Crippen LogP contribution in [0.4, 0.5) is 8.78 Å².